The van der Waals surface area contributed by atoms with E-state index in [4.69, 9.17) is 0 Å². The summed E-state index contributed by atoms with van der Waals surface area (Å²) in [7, 11) is -3.62. The number of sulfonamides is 1. The van der Waals surface area contributed by atoms with Crippen molar-refractivity contribution in [1.29, 1.82) is 0 Å². The Kier molecular flexibility index (Phi) is 7.85. The Balaban J connectivity index is 0.00000261. The Hall–Kier alpha value is -1.41. The predicted molar refractivity (Wildman–Crippen MR) is 109 cm³/mol. The fraction of sp³-hybridized carbons (Fsp3) is 0.526. The summed E-state index contributed by atoms with van der Waals surface area (Å²) >= 11 is 0. The minimum Gasteiger partial charge on any atom is -0.348 e. The van der Waals surface area contributed by atoms with Gasteiger partial charge in [-0.1, -0.05) is 30.6 Å². The third-order valence-corrected chi connectivity index (χ3v) is 6.71. The molecule has 6 nitrogen and oxygen atoms in total. The Morgan fingerprint density at radius 1 is 1.26 bits per heavy atom. The zero-order valence-corrected chi connectivity index (χ0v) is 17.2. The van der Waals surface area contributed by atoms with E-state index in [-0.39, 0.29) is 29.3 Å². The van der Waals surface area contributed by atoms with Crippen LogP contribution in [0.2, 0.25) is 0 Å². The van der Waals surface area contributed by atoms with E-state index < -0.39 is 10.0 Å². The van der Waals surface area contributed by atoms with Crippen LogP contribution < -0.4 is 15.4 Å². The van der Waals surface area contributed by atoms with Crippen molar-refractivity contribution in [2.45, 2.75) is 50.0 Å². The summed E-state index contributed by atoms with van der Waals surface area (Å²) in [5, 5.41) is 6.12. The molecule has 2 aliphatic rings. The molecule has 1 aromatic carbocycles. The van der Waals surface area contributed by atoms with Gasteiger partial charge in [0.05, 0.1) is 4.90 Å². The minimum atomic E-state index is -3.62. The summed E-state index contributed by atoms with van der Waals surface area (Å²) in [6.45, 7) is 3.99. The van der Waals surface area contributed by atoms with Gasteiger partial charge >= 0.3 is 0 Å². The molecule has 1 aromatic rings. The SMILES string of the molecule is Cc1ccc(C(=O)NCC2=CCNCC2)cc1S(=O)(=O)NC1CCCC1.Cl. The highest BCUT2D eigenvalue weighted by atomic mass is 35.5. The maximum Gasteiger partial charge on any atom is 0.251 e. The largest absolute Gasteiger partial charge is 0.348 e. The van der Waals surface area contributed by atoms with Crippen LogP contribution in [0, 0.1) is 6.92 Å². The van der Waals surface area contributed by atoms with E-state index in [9.17, 15) is 13.2 Å². The zero-order chi connectivity index (χ0) is 18.6. The topological polar surface area (TPSA) is 87.3 Å². The predicted octanol–water partition coefficient (Wildman–Crippen LogP) is 2.29. The van der Waals surface area contributed by atoms with Gasteiger partial charge in [-0.2, -0.15) is 0 Å². The molecule has 0 bridgehead atoms. The van der Waals surface area contributed by atoms with Crippen molar-refractivity contribution in [3.8, 4) is 0 Å². The maximum atomic E-state index is 12.7. The molecule has 1 saturated carbocycles. The standard InChI is InChI=1S/C19H27N3O3S.ClH/c1-14-6-7-16(19(23)21-13-15-8-10-20-11-9-15)12-18(14)26(24,25)22-17-4-2-3-5-17;/h6-8,12,17,20,22H,2-5,9-11,13H2,1H3,(H,21,23);1H. The molecule has 0 saturated heterocycles. The first-order valence-corrected chi connectivity index (χ1v) is 10.7. The molecule has 1 amide bonds. The second-order valence-electron chi connectivity index (χ2n) is 7.08. The molecular formula is C19H28ClN3O3S. The van der Waals surface area contributed by atoms with Gasteiger partial charge in [0.25, 0.3) is 5.91 Å². The van der Waals surface area contributed by atoms with Crippen LogP contribution in [0.1, 0.15) is 48.0 Å². The first-order chi connectivity index (χ1) is 12.5. The summed E-state index contributed by atoms with van der Waals surface area (Å²) in [4.78, 5) is 12.6. The first kappa shape index (κ1) is 21.9. The van der Waals surface area contributed by atoms with Crippen LogP contribution in [0.3, 0.4) is 0 Å². The normalized spacial score (nSPS) is 17.9. The van der Waals surface area contributed by atoms with Gasteiger partial charge in [-0.15, -0.1) is 12.4 Å². The quantitative estimate of drug-likeness (QED) is 0.624. The van der Waals surface area contributed by atoms with Crippen LogP contribution in [0.5, 0.6) is 0 Å². The Morgan fingerprint density at radius 2 is 2.00 bits per heavy atom. The van der Waals surface area contributed by atoms with Gasteiger partial charge in [0.1, 0.15) is 0 Å². The molecule has 1 heterocycles. The molecule has 150 valence electrons. The molecule has 0 atom stereocenters. The average Bonchev–Trinajstić information content (AvgIpc) is 3.13. The second kappa shape index (κ2) is 9.68. The third kappa shape index (κ3) is 5.78. The summed E-state index contributed by atoms with van der Waals surface area (Å²) in [5.74, 6) is -0.248. The first-order valence-electron chi connectivity index (χ1n) is 9.25. The van der Waals surface area contributed by atoms with Crippen molar-refractivity contribution < 1.29 is 13.2 Å². The van der Waals surface area contributed by atoms with Crippen LogP contribution in [-0.2, 0) is 10.0 Å². The molecule has 1 aliphatic heterocycles. The van der Waals surface area contributed by atoms with Gasteiger partial charge < -0.3 is 10.6 Å². The van der Waals surface area contributed by atoms with Crippen LogP contribution in [0.15, 0.2) is 34.7 Å². The van der Waals surface area contributed by atoms with Crippen LogP contribution >= 0.6 is 12.4 Å². The molecule has 1 aliphatic carbocycles. The van der Waals surface area contributed by atoms with Crippen molar-refractivity contribution >= 4 is 28.3 Å². The molecule has 0 aromatic heterocycles. The van der Waals surface area contributed by atoms with Gasteiger partial charge in [0.15, 0.2) is 0 Å². The smallest absolute Gasteiger partial charge is 0.251 e. The molecule has 0 radical (unpaired) electrons. The number of hydrogen-bond donors (Lipinski definition) is 3. The van der Waals surface area contributed by atoms with E-state index in [0.29, 0.717) is 17.7 Å². The van der Waals surface area contributed by atoms with E-state index in [1.54, 1.807) is 19.1 Å². The fourth-order valence-electron chi connectivity index (χ4n) is 3.48. The van der Waals surface area contributed by atoms with Crippen molar-refractivity contribution in [1.82, 2.24) is 15.4 Å². The van der Waals surface area contributed by atoms with E-state index in [1.807, 2.05) is 0 Å². The summed E-state index contributed by atoms with van der Waals surface area (Å²) < 4.78 is 28.2. The molecule has 1 fully saturated rings. The van der Waals surface area contributed by atoms with Crippen molar-refractivity contribution in [2.24, 2.45) is 0 Å². The Bertz CT molecular complexity index is 802. The van der Waals surface area contributed by atoms with E-state index in [2.05, 4.69) is 21.4 Å². The number of benzene rings is 1. The number of halogens is 1. The van der Waals surface area contributed by atoms with Gasteiger partial charge in [0.2, 0.25) is 10.0 Å². The Labute approximate surface area is 167 Å². The lowest BCUT2D eigenvalue weighted by Crippen LogP contribution is -2.33. The molecular weight excluding hydrogens is 386 g/mol. The highest BCUT2D eigenvalue weighted by Gasteiger charge is 2.25. The van der Waals surface area contributed by atoms with Crippen molar-refractivity contribution in [3.05, 3.63) is 41.0 Å². The zero-order valence-electron chi connectivity index (χ0n) is 15.6. The number of aryl methyl sites for hydroxylation is 1. The van der Waals surface area contributed by atoms with Crippen molar-refractivity contribution in [2.75, 3.05) is 19.6 Å². The summed E-state index contributed by atoms with van der Waals surface area (Å²) in [5.41, 5.74) is 2.21. The van der Waals surface area contributed by atoms with Gasteiger partial charge in [0, 0.05) is 24.7 Å². The van der Waals surface area contributed by atoms with Gasteiger partial charge in [-0.25, -0.2) is 13.1 Å². The second-order valence-corrected chi connectivity index (χ2v) is 8.76. The molecule has 27 heavy (non-hydrogen) atoms. The van der Waals surface area contributed by atoms with Gasteiger partial charge in [-0.05, 0) is 50.4 Å². The number of hydrogen-bond acceptors (Lipinski definition) is 4. The monoisotopic (exact) mass is 413 g/mol. The highest BCUT2D eigenvalue weighted by Crippen LogP contribution is 2.22. The number of rotatable bonds is 6. The lowest BCUT2D eigenvalue weighted by molar-refractivity contribution is 0.0956. The lowest BCUT2D eigenvalue weighted by Gasteiger charge is -2.16. The number of carbonyl (C=O) groups is 1. The Morgan fingerprint density at radius 3 is 2.67 bits per heavy atom. The van der Waals surface area contributed by atoms with E-state index in [0.717, 1.165) is 45.2 Å². The summed E-state index contributed by atoms with van der Waals surface area (Å²) in [6.07, 6.45) is 6.87. The molecule has 0 spiro atoms. The lowest BCUT2D eigenvalue weighted by atomic mass is 10.1. The minimum absolute atomic E-state index is 0. The number of carbonyl (C=O) groups excluding carboxylic acids is 1. The van der Waals surface area contributed by atoms with Crippen molar-refractivity contribution in [3.63, 3.8) is 0 Å². The van der Waals surface area contributed by atoms with Crippen LogP contribution in [0.25, 0.3) is 0 Å². The third-order valence-electron chi connectivity index (χ3n) is 5.05. The van der Waals surface area contributed by atoms with Crippen LogP contribution in [-0.4, -0.2) is 40.0 Å². The van der Waals surface area contributed by atoms with Gasteiger partial charge in [-0.3, -0.25) is 4.79 Å². The van der Waals surface area contributed by atoms with Crippen LogP contribution in [0.4, 0.5) is 0 Å². The van der Waals surface area contributed by atoms with E-state index >= 15 is 0 Å². The summed E-state index contributed by atoms with van der Waals surface area (Å²) in [6, 6.07) is 4.86. The molecule has 3 N–H and O–H groups in total. The fourth-order valence-corrected chi connectivity index (χ4v) is 5.06. The molecule has 3 rings (SSSR count). The number of amides is 1. The highest BCUT2D eigenvalue weighted by molar-refractivity contribution is 7.89. The average molecular weight is 414 g/mol. The molecule has 0 unspecified atom stereocenters. The maximum absolute atomic E-state index is 12.7. The van der Waals surface area contributed by atoms with E-state index in [1.165, 1.54) is 11.6 Å². The molecule has 8 heteroatoms. The number of nitrogens with one attached hydrogen (secondary N) is 3.